The Morgan fingerprint density at radius 3 is 2.76 bits per heavy atom. The van der Waals surface area contributed by atoms with Crippen molar-refractivity contribution in [2.75, 3.05) is 24.5 Å². The largest absolute Gasteiger partial charge is 0.348 e. The quantitative estimate of drug-likeness (QED) is 0.886. The van der Waals surface area contributed by atoms with Crippen LogP contribution in [0.2, 0.25) is 0 Å². The zero-order valence-electron chi connectivity index (χ0n) is 9.80. The molecule has 0 unspecified atom stereocenters. The van der Waals surface area contributed by atoms with E-state index in [9.17, 15) is 0 Å². The highest BCUT2D eigenvalue weighted by atomic mass is 32.1. The van der Waals surface area contributed by atoms with E-state index < -0.39 is 0 Å². The fraction of sp³-hybridized carbons (Fsp3) is 0.462. The molecule has 1 saturated heterocycles. The summed E-state index contributed by atoms with van der Waals surface area (Å²) in [4.78, 5) is 7.10. The van der Waals surface area contributed by atoms with Crippen LogP contribution in [0.1, 0.15) is 12.8 Å². The second-order valence-electron chi connectivity index (χ2n) is 4.63. The molecule has 0 spiro atoms. The van der Waals surface area contributed by atoms with Crippen molar-refractivity contribution in [3.05, 3.63) is 24.3 Å². The van der Waals surface area contributed by atoms with E-state index in [2.05, 4.69) is 23.1 Å². The summed E-state index contributed by atoms with van der Waals surface area (Å²) in [5, 5.41) is 1.17. The molecular weight excluding hydrogens is 230 g/mol. The number of para-hydroxylation sites is 1. The van der Waals surface area contributed by atoms with Crippen molar-refractivity contribution in [2.24, 2.45) is 11.7 Å². The van der Waals surface area contributed by atoms with Crippen LogP contribution in [-0.4, -0.2) is 24.6 Å². The van der Waals surface area contributed by atoms with Gasteiger partial charge in [0.15, 0.2) is 5.13 Å². The Balaban J connectivity index is 1.80. The molecule has 1 fully saturated rings. The SMILES string of the molecule is NCC1CCN(c2nc3ccccc3s2)CC1. The van der Waals surface area contributed by atoms with Gasteiger partial charge in [-0.1, -0.05) is 23.5 Å². The molecule has 1 aromatic carbocycles. The highest BCUT2D eigenvalue weighted by Crippen LogP contribution is 2.30. The summed E-state index contributed by atoms with van der Waals surface area (Å²) in [5.41, 5.74) is 6.84. The first-order chi connectivity index (χ1) is 8.36. The lowest BCUT2D eigenvalue weighted by molar-refractivity contribution is 0.414. The van der Waals surface area contributed by atoms with Crippen LogP contribution in [0.15, 0.2) is 24.3 Å². The minimum atomic E-state index is 0.709. The molecule has 3 nitrogen and oxygen atoms in total. The second-order valence-corrected chi connectivity index (χ2v) is 5.64. The maximum atomic E-state index is 5.72. The zero-order chi connectivity index (χ0) is 11.7. The molecule has 1 aromatic heterocycles. The van der Waals surface area contributed by atoms with Gasteiger partial charge in [0.25, 0.3) is 0 Å². The van der Waals surface area contributed by atoms with Crippen LogP contribution in [-0.2, 0) is 0 Å². The molecule has 2 heterocycles. The molecule has 0 atom stereocenters. The van der Waals surface area contributed by atoms with Gasteiger partial charge in [-0.3, -0.25) is 0 Å². The monoisotopic (exact) mass is 247 g/mol. The molecule has 2 aromatic rings. The van der Waals surface area contributed by atoms with Gasteiger partial charge >= 0.3 is 0 Å². The van der Waals surface area contributed by atoms with Gasteiger partial charge in [-0.05, 0) is 37.4 Å². The number of hydrogen-bond acceptors (Lipinski definition) is 4. The Morgan fingerprint density at radius 1 is 1.29 bits per heavy atom. The molecular formula is C13H17N3S. The lowest BCUT2D eigenvalue weighted by atomic mass is 9.98. The first-order valence-corrected chi connectivity index (χ1v) is 6.99. The summed E-state index contributed by atoms with van der Waals surface area (Å²) >= 11 is 1.80. The predicted octanol–water partition coefficient (Wildman–Crippen LogP) is 2.47. The molecule has 0 bridgehead atoms. The van der Waals surface area contributed by atoms with Crippen molar-refractivity contribution < 1.29 is 0 Å². The third-order valence-corrected chi connectivity index (χ3v) is 4.60. The summed E-state index contributed by atoms with van der Waals surface area (Å²) in [6, 6.07) is 8.35. The Morgan fingerprint density at radius 2 is 2.06 bits per heavy atom. The molecule has 3 rings (SSSR count). The van der Waals surface area contributed by atoms with Gasteiger partial charge in [0.05, 0.1) is 10.2 Å². The molecule has 0 aliphatic carbocycles. The van der Waals surface area contributed by atoms with Gasteiger partial charge in [0.2, 0.25) is 0 Å². The predicted molar refractivity (Wildman–Crippen MR) is 73.6 cm³/mol. The van der Waals surface area contributed by atoms with Crippen molar-refractivity contribution in [3.63, 3.8) is 0 Å². The molecule has 1 aliphatic rings. The first kappa shape index (κ1) is 11.0. The summed E-state index contributed by atoms with van der Waals surface area (Å²) in [7, 11) is 0. The fourth-order valence-corrected chi connectivity index (χ4v) is 3.37. The lowest BCUT2D eigenvalue weighted by Crippen LogP contribution is -2.35. The molecule has 2 N–H and O–H groups in total. The fourth-order valence-electron chi connectivity index (χ4n) is 2.36. The van der Waals surface area contributed by atoms with Crippen LogP contribution in [0.3, 0.4) is 0 Å². The van der Waals surface area contributed by atoms with Crippen LogP contribution in [0.25, 0.3) is 10.2 Å². The third-order valence-electron chi connectivity index (χ3n) is 3.50. The summed E-state index contributed by atoms with van der Waals surface area (Å²) in [5.74, 6) is 0.709. The van der Waals surface area contributed by atoms with E-state index in [1.165, 1.54) is 22.7 Å². The molecule has 0 amide bonds. The summed E-state index contributed by atoms with van der Waals surface area (Å²) < 4.78 is 1.28. The molecule has 0 radical (unpaired) electrons. The number of hydrogen-bond donors (Lipinski definition) is 1. The Hall–Kier alpha value is -1.13. The normalized spacial score (nSPS) is 17.8. The number of nitrogens with two attached hydrogens (primary N) is 1. The van der Waals surface area contributed by atoms with Crippen molar-refractivity contribution in [1.29, 1.82) is 0 Å². The number of benzene rings is 1. The molecule has 4 heteroatoms. The van der Waals surface area contributed by atoms with Crippen LogP contribution < -0.4 is 10.6 Å². The first-order valence-electron chi connectivity index (χ1n) is 6.17. The molecule has 1 aliphatic heterocycles. The number of rotatable bonds is 2. The molecule has 0 saturated carbocycles. The maximum Gasteiger partial charge on any atom is 0.186 e. The van der Waals surface area contributed by atoms with E-state index in [0.717, 1.165) is 25.2 Å². The van der Waals surface area contributed by atoms with E-state index in [4.69, 9.17) is 10.7 Å². The minimum Gasteiger partial charge on any atom is -0.348 e. The van der Waals surface area contributed by atoms with Gasteiger partial charge in [0, 0.05) is 13.1 Å². The number of thiazole rings is 1. The smallest absolute Gasteiger partial charge is 0.186 e. The summed E-state index contributed by atoms with van der Waals surface area (Å²) in [6.45, 7) is 3.02. The highest BCUT2D eigenvalue weighted by Gasteiger charge is 2.20. The van der Waals surface area contributed by atoms with E-state index in [0.29, 0.717) is 5.92 Å². The average Bonchev–Trinajstić information content (AvgIpc) is 2.82. The molecule has 17 heavy (non-hydrogen) atoms. The van der Waals surface area contributed by atoms with E-state index in [-0.39, 0.29) is 0 Å². The summed E-state index contributed by atoms with van der Waals surface area (Å²) in [6.07, 6.45) is 2.40. The lowest BCUT2D eigenvalue weighted by Gasteiger charge is -2.30. The van der Waals surface area contributed by atoms with E-state index >= 15 is 0 Å². The third kappa shape index (κ3) is 2.15. The number of anilines is 1. The minimum absolute atomic E-state index is 0.709. The highest BCUT2D eigenvalue weighted by molar-refractivity contribution is 7.22. The van der Waals surface area contributed by atoms with Gasteiger partial charge in [-0.2, -0.15) is 0 Å². The van der Waals surface area contributed by atoms with Crippen molar-refractivity contribution in [2.45, 2.75) is 12.8 Å². The number of piperidine rings is 1. The molecule has 90 valence electrons. The van der Waals surface area contributed by atoms with Crippen molar-refractivity contribution >= 4 is 26.7 Å². The standard InChI is InChI=1S/C13H17N3S/c14-9-10-5-7-16(8-6-10)13-15-11-3-1-2-4-12(11)17-13/h1-4,10H,5-9,14H2. The topological polar surface area (TPSA) is 42.1 Å². The van der Waals surface area contributed by atoms with Gasteiger partial charge in [-0.25, -0.2) is 4.98 Å². The number of fused-ring (bicyclic) bond motifs is 1. The number of aromatic nitrogens is 1. The van der Waals surface area contributed by atoms with Crippen LogP contribution in [0, 0.1) is 5.92 Å². The number of nitrogens with zero attached hydrogens (tertiary/aromatic N) is 2. The Bertz CT molecular complexity index is 467. The van der Waals surface area contributed by atoms with E-state index in [1.807, 2.05) is 6.07 Å². The van der Waals surface area contributed by atoms with Crippen LogP contribution in [0.5, 0.6) is 0 Å². The van der Waals surface area contributed by atoms with Crippen LogP contribution in [0.4, 0.5) is 5.13 Å². The Labute approximate surface area is 105 Å². The van der Waals surface area contributed by atoms with Crippen molar-refractivity contribution in [3.8, 4) is 0 Å². The van der Waals surface area contributed by atoms with Crippen molar-refractivity contribution in [1.82, 2.24) is 4.98 Å². The maximum absolute atomic E-state index is 5.72. The second kappa shape index (κ2) is 4.63. The van der Waals surface area contributed by atoms with Crippen LogP contribution >= 0.6 is 11.3 Å². The van der Waals surface area contributed by atoms with Gasteiger partial charge in [0.1, 0.15) is 0 Å². The van der Waals surface area contributed by atoms with Gasteiger partial charge < -0.3 is 10.6 Å². The Kier molecular flexibility index (Phi) is 2.99. The zero-order valence-corrected chi connectivity index (χ0v) is 10.6. The van der Waals surface area contributed by atoms with Gasteiger partial charge in [-0.15, -0.1) is 0 Å². The average molecular weight is 247 g/mol. The van der Waals surface area contributed by atoms with E-state index in [1.54, 1.807) is 11.3 Å².